The quantitative estimate of drug-likeness (QED) is 0.571. The van der Waals surface area contributed by atoms with Crippen LogP contribution in [0.5, 0.6) is 0 Å². The third-order valence-electron chi connectivity index (χ3n) is 3.62. The Morgan fingerprint density at radius 2 is 1.88 bits per heavy atom. The average molecular weight is 225 g/mol. The van der Waals surface area contributed by atoms with Gasteiger partial charge in [0.05, 0.1) is 0 Å². The van der Waals surface area contributed by atoms with E-state index in [0.29, 0.717) is 6.04 Å². The Hall–Kier alpha value is -0.730. The fourth-order valence-electron chi connectivity index (χ4n) is 2.49. The first-order valence-electron chi connectivity index (χ1n) is 6.64. The second kappa shape index (κ2) is 6.77. The number of rotatable bonds is 3. The fraction of sp³-hybridized carbons (Fsp3) is 0.923. The highest BCUT2D eigenvalue weighted by Gasteiger charge is 2.23. The summed E-state index contributed by atoms with van der Waals surface area (Å²) in [7, 11) is 1.84. The van der Waals surface area contributed by atoms with Crippen LogP contribution in [0.2, 0.25) is 0 Å². The number of hydrogen-bond acceptors (Lipinski definition) is 1. The first kappa shape index (κ1) is 13.3. The van der Waals surface area contributed by atoms with Crippen LogP contribution < -0.4 is 10.6 Å². The summed E-state index contributed by atoms with van der Waals surface area (Å²) in [6.45, 7) is 7.72. The van der Waals surface area contributed by atoms with E-state index in [4.69, 9.17) is 0 Å². The van der Waals surface area contributed by atoms with Crippen molar-refractivity contribution >= 4 is 5.96 Å². The molecule has 0 aliphatic heterocycles. The van der Waals surface area contributed by atoms with E-state index in [2.05, 4.69) is 36.4 Å². The van der Waals surface area contributed by atoms with Gasteiger partial charge in [0.15, 0.2) is 5.96 Å². The molecule has 3 nitrogen and oxygen atoms in total. The summed E-state index contributed by atoms with van der Waals surface area (Å²) in [6, 6.07) is 0.618. The van der Waals surface area contributed by atoms with Gasteiger partial charge >= 0.3 is 0 Å². The molecule has 94 valence electrons. The molecule has 1 aliphatic carbocycles. The van der Waals surface area contributed by atoms with Crippen LogP contribution in [0.4, 0.5) is 0 Å². The van der Waals surface area contributed by atoms with Crippen LogP contribution >= 0.6 is 0 Å². The molecule has 0 unspecified atom stereocenters. The van der Waals surface area contributed by atoms with Crippen molar-refractivity contribution in [2.45, 2.75) is 52.5 Å². The van der Waals surface area contributed by atoms with Crippen LogP contribution in [-0.2, 0) is 0 Å². The van der Waals surface area contributed by atoms with Crippen LogP contribution in [0.1, 0.15) is 46.5 Å². The Morgan fingerprint density at radius 1 is 1.25 bits per heavy atom. The highest BCUT2D eigenvalue weighted by molar-refractivity contribution is 5.79. The van der Waals surface area contributed by atoms with Gasteiger partial charge < -0.3 is 10.6 Å². The minimum Gasteiger partial charge on any atom is -0.357 e. The zero-order chi connectivity index (χ0) is 12.0. The predicted molar refractivity (Wildman–Crippen MR) is 70.8 cm³/mol. The standard InChI is InChI=1S/C13H27N3/c1-5-15-13(14-4)16-12-8-6-11(7-9-12)10(2)3/h10-12H,5-9H2,1-4H3,(H2,14,15,16). The molecule has 16 heavy (non-hydrogen) atoms. The highest BCUT2D eigenvalue weighted by Crippen LogP contribution is 2.29. The van der Waals surface area contributed by atoms with Gasteiger partial charge in [-0.15, -0.1) is 0 Å². The molecule has 0 amide bonds. The predicted octanol–water partition coefficient (Wildman–Crippen LogP) is 2.39. The lowest BCUT2D eigenvalue weighted by Gasteiger charge is -2.32. The lowest BCUT2D eigenvalue weighted by molar-refractivity contribution is 0.250. The van der Waals surface area contributed by atoms with E-state index in [1.54, 1.807) is 0 Å². The maximum Gasteiger partial charge on any atom is 0.191 e. The summed E-state index contributed by atoms with van der Waals surface area (Å²) in [5.74, 6) is 2.73. The molecule has 1 saturated carbocycles. The summed E-state index contributed by atoms with van der Waals surface area (Å²) in [5, 5.41) is 6.76. The van der Waals surface area contributed by atoms with Crippen LogP contribution in [-0.4, -0.2) is 25.6 Å². The van der Waals surface area contributed by atoms with Gasteiger partial charge in [0.2, 0.25) is 0 Å². The average Bonchev–Trinajstić information content (AvgIpc) is 2.29. The molecule has 0 atom stereocenters. The third-order valence-corrected chi connectivity index (χ3v) is 3.62. The van der Waals surface area contributed by atoms with Crippen molar-refractivity contribution in [3.63, 3.8) is 0 Å². The molecule has 0 spiro atoms. The molecule has 0 aromatic carbocycles. The van der Waals surface area contributed by atoms with Crippen molar-refractivity contribution in [3.05, 3.63) is 0 Å². The molecule has 3 heteroatoms. The first-order valence-corrected chi connectivity index (χ1v) is 6.64. The lowest BCUT2D eigenvalue weighted by Crippen LogP contribution is -2.44. The minimum atomic E-state index is 0.618. The molecule has 0 bridgehead atoms. The summed E-state index contributed by atoms with van der Waals surface area (Å²) < 4.78 is 0. The zero-order valence-corrected chi connectivity index (χ0v) is 11.2. The van der Waals surface area contributed by atoms with Gasteiger partial charge in [0.25, 0.3) is 0 Å². The molecule has 1 rings (SSSR count). The van der Waals surface area contributed by atoms with E-state index in [9.17, 15) is 0 Å². The molecule has 1 fully saturated rings. The number of guanidine groups is 1. The van der Waals surface area contributed by atoms with Gasteiger partial charge in [0.1, 0.15) is 0 Å². The van der Waals surface area contributed by atoms with Gasteiger partial charge in [0, 0.05) is 19.6 Å². The number of nitrogens with zero attached hydrogens (tertiary/aromatic N) is 1. The Balaban J connectivity index is 2.31. The van der Waals surface area contributed by atoms with Gasteiger partial charge in [-0.3, -0.25) is 4.99 Å². The summed E-state index contributed by atoms with van der Waals surface area (Å²) in [4.78, 5) is 4.22. The Labute approximate surface area is 100 Å². The van der Waals surface area contributed by atoms with Gasteiger partial charge in [-0.1, -0.05) is 13.8 Å². The lowest BCUT2D eigenvalue weighted by atomic mass is 9.80. The largest absolute Gasteiger partial charge is 0.357 e. The van der Waals surface area contributed by atoms with Gasteiger partial charge in [-0.05, 0) is 44.4 Å². The second-order valence-corrected chi connectivity index (χ2v) is 5.10. The van der Waals surface area contributed by atoms with Gasteiger partial charge in [-0.25, -0.2) is 0 Å². The van der Waals surface area contributed by atoms with Crippen molar-refractivity contribution in [2.75, 3.05) is 13.6 Å². The Bertz CT molecular complexity index is 215. The Kier molecular flexibility index (Phi) is 5.64. The molecule has 0 radical (unpaired) electrons. The monoisotopic (exact) mass is 225 g/mol. The summed E-state index contributed by atoms with van der Waals surface area (Å²) in [5.41, 5.74) is 0. The maximum absolute atomic E-state index is 4.22. The molecule has 0 aromatic rings. The fourth-order valence-corrected chi connectivity index (χ4v) is 2.49. The van der Waals surface area contributed by atoms with E-state index < -0.39 is 0 Å². The second-order valence-electron chi connectivity index (χ2n) is 5.10. The smallest absolute Gasteiger partial charge is 0.191 e. The van der Waals surface area contributed by atoms with Crippen molar-refractivity contribution in [1.29, 1.82) is 0 Å². The topological polar surface area (TPSA) is 36.4 Å². The molecule has 0 saturated heterocycles. The van der Waals surface area contributed by atoms with E-state index in [1.807, 2.05) is 7.05 Å². The SMILES string of the molecule is CCNC(=NC)NC1CCC(C(C)C)CC1. The molecule has 2 N–H and O–H groups in total. The van der Waals surface area contributed by atoms with Crippen LogP contribution in [0.25, 0.3) is 0 Å². The van der Waals surface area contributed by atoms with E-state index in [-0.39, 0.29) is 0 Å². The summed E-state index contributed by atoms with van der Waals surface area (Å²) in [6.07, 6.45) is 5.29. The molecule has 0 heterocycles. The van der Waals surface area contributed by atoms with Crippen LogP contribution in [0, 0.1) is 11.8 Å². The molecular formula is C13H27N3. The highest BCUT2D eigenvalue weighted by atomic mass is 15.2. The van der Waals surface area contributed by atoms with Crippen LogP contribution in [0.15, 0.2) is 4.99 Å². The molecule has 1 aliphatic rings. The number of nitrogens with one attached hydrogen (secondary N) is 2. The number of aliphatic imine (C=N–C) groups is 1. The Morgan fingerprint density at radius 3 is 2.31 bits per heavy atom. The molecular weight excluding hydrogens is 198 g/mol. The van der Waals surface area contributed by atoms with Crippen molar-refractivity contribution in [1.82, 2.24) is 10.6 Å². The van der Waals surface area contributed by atoms with E-state index in [0.717, 1.165) is 24.3 Å². The normalized spacial score (nSPS) is 26.9. The van der Waals surface area contributed by atoms with Crippen LogP contribution in [0.3, 0.4) is 0 Å². The maximum atomic E-state index is 4.22. The zero-order valence-electron chi connectivity index (χ0n) is 11.2. The molecule has 0 aromatic heterocycles. The van der Waals surface area contributed by atoms with Crippen molar-refractivity contribution < 1.29 is 0 Å². The van der Waals surface area contributed by atoms with Crippen molar-refractivity contribution in [2.24, 2.45) is 16.8 Å². The third kappa shape index (κ3) is 4.03. The van der Waals surface area contributed by atoms with E-state index in [1.165, 1.54) is 25.7 Å². The van der Waals surface area contributed by atoms with E-state index >= 15 is 0 Å². The van der Waals surface area contributed by atoms with Gasteiger partial charge in [-0.2, -0.15) is 0 Å². The minimum absolute atomic E-state index is 0.618. The summed E-state index contributed by atoms with van der Waals surface area (Å²) >= 11 is 0. The first-order chi connectivity index (χ1) is 7.67. The number of hydrogen-bond donors (Lipinski definition) is 2. The van der Waals surface area contributed by atoms with Crippen molar-refractivity contribution in [3.8, 4) is 0 Å².